The van der Waals surface area contributed by atoms with E-state index < -0.39 is 0 Å². The molecular formula is C30H57N5O2. The van der Waals surface area contributed by atoms with Crippen molar-refractivity contribution in [1.82, 2.24) is 20.2 Å². The van der Waals surface area contributed by atoms with Crippen molar-refractivity contribution in [2.75, 3.05) is 20.1 Å². The summed E-state index contributed by atoms with van der Waals surface area (Å²) in [6, 6.07) is -0.233. The fourth-order valence-corrected chi connectivity index (χ4v) is 4.73. The molecule has 1 rings (SSSR count). The number of aromatic nitrogens is 2. The summed E-state index contributed by atoms with van der Waals surface area (Å²) in [6.45, 7) is 5.68. The molecule has 0 radical (unpaired) electrons. The highest BCUT2D eigenvalue weighted by Gasteiger charge is 2.20. The van der Waals surface area contributed by atoms with E-state index in [0.717, 1.165) is 38.8 Å². The summed E-state index contributed by atoms with van der Waals surface area (Å²) in [7, 11) is 1.84. The Kier molecular flexibility index (Phi) is 19.8. The van der Waals surface area contributed by atoms with E-state index in [4.69, 9.17) is 5.73 Å². The Labute approximate surface area is 227 Å². The van der Waals surface area contributed by atoms with Crippen molar-refractivity contribution >= 4 is 11.8 Å². The van der Waals surface area contributed by atoms with Crippen LogP contribution >= 0.6 is 0 Å². The third-order valence-electron chi connectivity index (χ3n) is 7.17. The molecule has 214 valence electrons. The molecule has 1 unspecified atom stereocenters. The maximum Gasteiger partial charge on any atom is 0.274 e. The minimum absolute atomic E-state index is 0.0618. The van der Waals surface area contributed by atoms with Gasteiger partial charge in [0.2, 0.25) is 5.91 Å². The van der Waals surface area contributed by atoms with Crippen molar-refractivity contribution in [3.05, 3.63) is 17.7 Å². The molecule has 0 aliphatic carbocycles. The lowest BCUT2D eigenvalue weighted by Crippen LogP contribution is -2.29. The highest BCUT2D eigenvalue weighted by molar-refractivity contribution is 5.93. The summed E-state index contributed by atoms with van der Waals surface area (Å²) in [4.78, 5) is 33.4. The van der Waals surface area contributed by atoms with Crippen LogP contribution < -0.4 is 11.1 Å². The average molecular weight is 520 g/mol. The molecule has 0 aliphatic heterocycles. The molecule has 1 aromatic rings. The zero-order valence-corrected chi connectivity index (χ0v) is 24.3. The van der Waals surface area contributed by atoms with E-state index >= 15 is 0 Å². The van der Waals surface area contributed by atoms with Crippen LogP contribution in [0.4, 0.5) is 0 Å². The number of amides is 2. The number of carbonyl (C=O) groups is 2. The second-order valence-corrected chi connectivity index (χ2v) is 10.8. The van der Waals surface area contributed by atoms with Gasteiger partial charge in [0.15, 0.2) is 5.69 Å². The number of hydrogen-bond donors (Lipinski definition) is 3. The van der Waals surface area contributed by atoms with E-state index in [0.29, 0.717) is 17.8 Å². The van der Waals surface area contributed by atoms with Crippen LogP contribution in [0, 0.1) is 0 Å². The first-order chi connectivity index (χ1) is 18.0. The van der Waals surface area contributed by atoms with Crippen LogP contribution in [0.25, 0.3) is 0 Å². The van der Waals surface area contributed by atoms with Gasteiger partial charge in [-0.3, -0.25) is 9.59 Å². The lowest BCUT2D eigenvalue weighted by atomic mass is 10.1. The Morgan fingerprint density at radius 3 is 1.95 bits per heavy atom. The number of H-pyrrole nitrogens is 1. The first-order valence-corrected chi connectivity index (χ1v) is 15.3. The van der Waals surface area contributed by atoms with E-state index in [1.807, 2.05) is 14.0 Å². The van der Waals surface area contributed by atoms with Gasteiger partial charge in [0.25, 0.3) is 5.91 Å². The molecule has 1 atom stereocenters. The van der Waals surface area contributed by atoms with Gasteiger partial charge in [-0.2, -0.15) is 0 Å². The standard InChI is InChI=1S/C30H57N5O2/c1-4-5-6-7-8-10-13-16-19-22-27(36)32-23-20-17-14-11-9-12-15-18-21-24-35(3)30(37)29-28(26(2)31)33-25-34-29/h25-26H,4-24,31H2,1-3H3,(H,32,36)(H,33,34). The molecule has 0 bridgehead atoms. The van der Waals surface area contributed by atoms with E-state index in [2.05, 4.69) is 22.2 Å². The van der Waals surface area contributed by atoms with Gasteiger partial charge in [-0.25, -0.2) is 4.98 Å². The molecule has 0 aromatic carbocycles. The monoisotopic (exact) mass is 519 g/mol. The van der Waals surface area contributed by atoms with Gasteiger partial charge >= 0.3 is 0 Å². The minimum Gasteiger partial charge on any atom is -0.356 e. The smallest absolute Gasteiger partial charge is 0.274 e. The SMILES string of the molecule is CCCCCCCCCCCC(=O)NCCCCCCCCCCCN(C)C(=O)c1nc[nH]c1C(C)N. The molecule has 7 heteroatoms. The Bertz CT molecular complexity index is 704. The van der Waals surface area contributed by atoms with Crippen molar-refractivity contribution in [3.63, 3.8) is 0 Å². The van der Waals surface area contributed by atoms with Gasteiger partial charge in [0, 0.05) is 32.6 Å². The number of carbonyl (C=O) groups excluding carboxylic acids is 2. The molecular weight excluding hydrogens is 462 g/mol. The largest absolute Gasteiger partial charge is 0.356 e. The van der Waals surface area contributed by atoms with Crippen molar-refractivity contribution in [2.24, 2.45) is 5.73 Å². The third-order valence-corrected chi connectivity index (χ3v) is 7.17. The summed E-state index contributed by atoms with van der Waals surface area (Å²) < 4.78 is 0. The fraction of sp³-hybridized carbons (Fsp3) is 0.833. The summed E-state index contributed by atoms with van der Waals surface area (Å²) in [6.07, 6.45) is 24.5. The van der Waals surface area contributed by atoms with Gasteiger partial charge in [0.1, 0.15) is 0 Å². The zero-order chi connectivity index (χ0) is 27.1. The van der Waals surface area contributed by atoms with E-state index in [9.17, 15) is 9.59 Å². The Balaban J connectivity index is 1.86. The molecule has 1 heterocycles. The molecule has 0 saturated carbocycles. The predicted octanol–water partition coefficient (Wildman–Crippen LogP) is 7.05. The highest BCUT2D eigenvalue weighted by atomic mass is 16.2. The quantitative estimate of drug-likeness (QED) is 0.127. The number of imidazole rings is 1. The van der Waals surface area contributed by atoms with Crippen molar-refractivity contribution < 1.29 is 9.59 Å². The second kappa shape index (κ2) is 22.1. The molecule has 7 nitrogen and oxygen atoms in total. The van der Waals surface area contributed by atoms with Gasteiger partial charge in [-0.05, 0) is 26.2 Å². The van der Waals surface area contributed by atoms with Crippen molar-refractivity contribution in [2.45, 2.75) is 142 Å². The molecule has 0 saturated heterocycles. The molecule has 4 N–H and O–H groups in total. The first-order valence-electron chi connectivity index (χ1n) is 15.3. The number of aromatic amines is 1. The number of hydrogen-bond acceptors (Lipinski definition) is 4. The molecule has 2 amide bonds. The predicted molar refractivity (Wildman–Crippen MR) is 155 cm³/mol. The second-order valence-electron chi connectivity index (χ2n) is 10.8. The summed E-state index contributed by atoms with van der Waals surface area (Å²) in [5.74, 6) is 0.169. The topological polar surface area (TPSA) is 104 Å². The van der Waals surface area contributed by atoms with Crippen molar-refractivity contribution in [3.8, 4) is 0 Å². The lowest BCUT2D eigenvalue weighted by molar-refractivity contribution is -0.121. The zero-order valence-electron chi connectivity index (χ0n) is 24.3. The minimum atomic E-state index is -0.233. The number of nitrogens with two attached hydrogens (primary N) is 1. The maximum atomic E-state index is 12.6. The maximum absolute atomic E-state index is 12.6. The van der Waals surface area contributed by atoms with Crippen LogP contribution in [-0.4, -0.2) is 46.8 Å². The normalized spacial score (nSPS) is 12.0. The Morgan fingerprint density at radius 1 is 0.865 bits per heavy atom. The molecule has 37 heavy (non-hydrogen) atoms. The fourth-order valence-electron chi connectivity index (χ4n) is 4.73. The van der Waals surface area contributed by atoms with E-state index in [-0.39, 0.29) is 17.9 Å². The number of nitrogens with one attached hydrogen (secondary N) is 2. The van der Waals surface area contributed by atoms with Crippen LogP contribution in [0.2, 0.25) is 0 Å². The van der Waals surface area contributed by atoms with Gasteiger partial charge in [-0.1, -0.05) is 103 Å². The average Bonchev–Trinajstić information content (AvgIpc) is 3.38. The van der Waals surface area contributed by atoms with Gasteiger partial charge in [-0.15, -0.1) is 0 Å². The number of nitrogens with zero attached hydrogens (tertiary/aromatic N) is 2. The van der Waals surface area contributed by atoms with Crippen LogP contribution in [-0.2, 0) is 4.79 Å². The first kappa shape index (κ1) is 33.1. The highest BCUT2D eigenvalue weighted by Crippen LogP contribution is 2.14. The van der Waals surface area contributed by atoms with Gasteiger partial charge < -0.3 is 20.9 Å². The Hall–Kier alpha value is -1.89. The number of rotatable bonds is 24. The molecule has 0 aliphatic rings. The van der Waals surface area contributed by atoms with E-state index in [1.165, 1.54) is 96.2 Å². The van der Waals surface area contributed by atoms with E-state index in [1.54, 1.807) is 4.90 Å². The summed E-state index contributed by atoms with van der Waals surface area (Å²) >= 11 is 0. The van der Waals surface area contributed by atoms with Gasteiger partial charge in [0.05, 0.1) is 12.0 Å². The molecule has 0 spiro atoms. The molecule has 0 fully saturated rings. The summed E-state index contributed by atoms with van der Waals surface area (Å²) in [5, 5.41) is 3.09. The Morgan fingerprint density at radius 2 is 1.38 bits per heavy atom. The third kappa shape index (κ3) is 16.5. The van der Waals surface area contributed by atoms with Crippen LogP contribution in [0.15, 0.2) is 6.33 Å². The lowest BCUT2D eigenvalue weighted by Gasteiger charge is -2.17. The number of unbranched alkanes of at least 4 members (excludes halogenated alkanes) is 16. The molecule has 1 aromatic heterocycles. The van der Waals surface area contributed by atoms with Crippen LogP contribution in [0.3, 0.4) is 0 Å². The van der Waals surface area contributed by atoms with Crippen LogP contribution in [0.5, 0.6) is 0 Å². The van der Waals surface area contributed by atoms with Crippen LogP contribution in [0.1, 0.15) is 158 Å². The van der Waals surface area contributed by atoms with Crippen molar-refractivity contribution in [1.29, 1.82) is 0 Å². The summed E-state index contributed by atoms with van der Waals surface area (Å²) in [5.41, 5.74) is 7.05.